The number of ether oxygens (including phenoxy) is 2. The van der Waals surface area contributed by atoms with Crippen LogP contribution in [0.5, 0.6) is 5.75 Å². The fourth-order valence-corrected chi connectivity index (χ4v) is 5.44. The van der Waals surface area contributed by atoms with E-state index in [1.54, 1.807) is 6.07 Å². The van der Waals surface area contributed by atoms with Crippen molar-refractivity contribution in [2.45, 2.75) is 64.6 Å². The number of hydrogen-bond acceptors (Lipinski definition) is 6. The van der Waals surface area contributed by atoms with E-state index in [0.717, 1.165) is 29.7 Å². The van der Waals surface area contributed by atoms with Gasteiger partial charge < -0.3 is 24.4 Å². The van der Waals surface area contributed by atoms with Gasteiger partial charge in [-0.3, -0.25) is 0 Å². The number of nitrogens with one attached hydrogen (secondary N) is 1. The molecule has 0 saturated heterocycles. The van der Waals surface area contributed by atoms with Gasteiger partial charge in [0.2, 0.25) is 0 Å². The molecule has 1 saturated carbocycles. The Labute approximate surface area is 267 Å². The van der Waals surface area contributed by atoms with E-state index in [-0.39, 0.29) is 17.4 Å². The quantitative estimate of drug-likeness (QED) is 0.141. The van der Waals surface area contributed by atoms with Crippen molar-refractivity contribution in [3.05, 3.63) is 88.6 Å². The number of hydrogen-bond donors (Lipinski definition) is 2. The van der Waals surface area contributed by atoms with Crippen LogP contribution in [0.1, 0.15) is 73.6 Å². The lowest BCUT2D eigenvalue weighted by molar-refractivity contribution is 0.0422. The van der Waals surface area contributed by atoms with Gasteiger partial charge in [0.1, 0.15) is 17.2 Å². The predicted molar refractivity (Wildman–Crippen MR) is 175 cm³/mol. The number of carboxylic acid groups (broad SMARTS) is 1. The number of nitrogens with zero attached hydrogens (tertiary/aromatic N) is 2. The van der Waals surface area contributed by atoms with Crippen LogP contribution in [-0.4, -0.2) is 41.2 Å². The van der Waals surface area contributed by atoms with E-state index < -0.39 is 12.0 Å². The van der Waals surface area contributed by atoms with E-state index in [4.69, 9.17) is 25.6 Å². The minimum atomic E-state index is -1.10. The van der Waals surface area contributed by atoms with Crippen molar-refractivity contribution in [1.82, 2.24) is 5.16 Å². The summed E-state index contributed by atoms with van der Waals surface area (Å²) in [6.45, 7) is 4.27. The number of halogens is 1. The summed E-state index contributed by atoms with van der Waals surface area (Å²) in [4.78, 5) is 29.5. The van der Waals surface area contributed by atoms with Gasteiger partial charge in [-0.05, 0) is 55.0 Å². The van der Waals surface area contributed by atoms with E-state index in [0.29, 0.717) is 65.0 Å². The highest BCUT2D eigenvalue weighted by molar-refractivity contribution is 6.33. The molecule has 1 unspecified atom stereocenters. The second kappa shape index (κ2) is 14.5. The summed E-state index contributed by atoms with van der Waals surface area (Å²) >= 11 is 6.49. The Morgan fingerprint density at radius 1 is 1.09 bits per heavy atom. The molecule has 0 spiro atoms. The van der Waals surface area contributed by atoms with Gasteiger partial charge >= 0.3 is 12.0 Å². The number of rotatable bonds is 13. The van der Waals surface area contributed by atoms with Crippen LogP contribution < -0.4 is 10.1 Å². The lowest BCUT2D eigenvalue weighted by Crippen LogP contribution is -2.19. The van der Waals surface area contributed by atoms with E-state index in [1.165, 1.54) is 13.2 Å². The molecule has 234 valence electrons. The molecule has 0 bridgehead atoms. The first kappa shape index (κ1) is 31.9. The van der Waals surface area contributed by atoms with Crippen molar-refractivity contribution in [2.75, 3.05) is 12.4 Å². The summed E-state index contributed by atoms with van der Waals surface area (Å²) in [6, 6.07) is 19.1. The summed E-state index contributed by atoms with van der Waals surface area (Å²) in [5.41, 5.74) is 4.60. The number of carbonyl (C=O) groups is 2. The summed E-state index contributed by atoms with van der Waals surface area (Å²) in [5.74, 6) is 0.309. The SMILES string of the molecule is CCC(CC(CC)OCc1c(-c2ccccc2Cl)noc1C1CC1)=NC(=O)Nc1cc(-c2ccccc2)c(C(=O)O)cc1OC. The zero-order valence-electron chi connectivity index (χ0n) is 25.5. The van der Waals surface area contributed by atoms with E-state index >= 15 is 0 Å². The topological polar surface area (TPSA) is 123 Å². The first-order valence-corrected chi connectivity index (χ1v) is 15.4. The Morgan fingerprint density at radius 2 is 1.82 bits per heavy atom. The van der Waals surface area contributed by atoms with E-state index in [2.05, 4.69) is 15.5 Å². The van der Waals surface area contributed by atoms with Gasteiger partial charge in [0.25, 0.3) is 0 Å². The summed E-state index contributed by atoms with van der Waals surface area (Å²) in [7, 11) is 1.42. The lowest BCUT2D eigenvalue weighted by atomic mass is 9.98. The summed E-state index contributed by atoms with van der Waals surface area (Å²) in [6.07, 6.45) is 3.61. The summed E-state index contributed by atoms with van der Waals surface area (Å²) in [5, 5.41) is 17.6. The van der Waals surface area contributed by atoms with Crippen LogP contribution in [0.3, 0.4) is 0 Å². The van der Waals surface area contributed by atoms with Gasteiger partial charge in [0.15, 0.2) is 0 Å². The molecule has 1 fully saturated rings. The number of carbonyl (C=O) groups excluding carboxylic acids is 1. The molecule has 5 rings (SSSR count). The van der Waals surface area contributed by atoms with Crippen LogP contribution in [0.15, 0.2) is 76.2 Å². The third-order valence-electron chi connectivity index (χ3n) is 7.84. The number of urea groups is 1. The normalized spacial score (nSPS) is 13.8. The lowest BCUT2D eigenvalue weighted by Gasteiger charge is -2.18. The maximum atomic E-state index is 13.1. The third-order valence-corrected chi connectivity index (χ3v) is 8.17. The van der Waals surface area contributed by atoms with Gasteiger partial charge in [0.05, 0.1) is 36.1 Å². The van der Waals surface area contributed by atoms with Crippen molar-refractivity contribution in [2.24, 2.45) is 4.99 Å². The van der Waals surface area contributed by atoms with Crippen LogP contribution in [-0.2, 0) is 11.3 Å². The monoisotopic (exact) mass is 629 g/mol. The Balaban J connectivity index is 1.32. The van der Waals surface area contributed by atoms with Crippen molar-refractivity contribution < 1.29 is 28.7 Å². The third kappa shape index (κ3) is 7.61. The average molecular weight is 630 g/mol. The maximum absolute atomic E-state index is 13.1. The number of benzene rings is 3. The largest absolute Gasteiger partial charge is 0.495 e. The van der Waals surface area contributed by atoms with Crippen molar-refractivity contribution in [3.8, 4) is 28.1 Å². The number of aliphatic imine (C=N–C) groups is 1. The smallest absolute Gasteiger partial charge is 0.345 e. The predicted octanol–water partition coefficient (Wildman–Crippen LogP) is 9.01. The highest BCUT2D eigenvalue weighted by Gasteiger charge is 2.33. The molecule has 2 N–H and O–H groups in total. The standard InChI is InChI=1S/C35H36ClN3O6/c1-4-23(37-35(42)38-30-18-26(21-11-7-6-8-12-21)27(34(40)41)19-31(30)43-3)17-24(5-2)44-20-28-32(25-13-9-10-14-29(25)36)39-45-33(28)22-15-16-22/h6-14,18-19,22,24H,4-5,15-17,20H2,1-3H3,(H,38,42)(H,40,41). The van der Waals surface area contributed by atoms with Crippen LogP contribution in [0.4, 0.5) is 10.5 Å². The van der Waals surface area contributed by atoms with Gasteiger partial charge in [-0.1, -0.05) is 79.1 Å². The Bertz CT molecular complexity index is 1700. The molecule has 1 atom stereocenters. The summed E-state index contributed by atoms with van der Waals surface area (Å²) < 4.78 is 17.6. The highest BCUT2D eigenvalue weighted by atomic mass is 35.5. The van der Waals surface area contributed by atoms with E-state index in [1.807, 2.05) is 68.4 Å². The van der Waals surface area contributed by atoms with Gasteiger partial charge in [-0.15, -0.1) is 0 Å². The molecule has 9 nitrogen and oxygen atoms in total. The molecular formula is C35H36ClN3O6. The van der Waals surface area contributed by atoms with Crippen LogP contribution in [0.25, 0.3) is 22.4 Å². The minimum absolute atomic E-state index is 0.0621. The molecule has 4 aromatic rings. The molecule has 0 aliphatic heterocycles. The van der Waals surface area contributed by atoms with E-state index in [9.17, 15) is 14.7 Å². The Kier molecular flexibility index (Phi) is 10.3. The Morgan fingerprint density at radius 3 is 2.47 bits per heavy atom. The molecule has 1 aliphatic carbocycles. The highest BCUT2D eigenvalue weighted by Crippen LogP contribution is 2.45. The van der Waals surface area contributed by atoms with Gasteiger partial charge in [0, 0.05) is 29.2 Å². The van der Waals surface area contributed by atoms with Gasteiger partial charge in [-0.2, -0.15) is 0 Å². The molecule has 2 amide bonds. The number of amides is 2. The fraction of sp³-hybridized carbons (Fsp3) is 0.314. The number of methoxy groups -OCH3 is 1. The molecule has 1 aromatic heterocycles. The molecule has 45 heavy (non-hydrogen) atoms. The zero-order chi connectivity index (χ0) is 31.9. The maximum Gasteiger partial charge on any atom is 0.345 e. The average Bonchev–Trinajstić information content (AvgIpc) is 3.81. The molecule has 1 aliphatic rings. The first-order valence-electron chi connectivity index (χ1n) is 15.1. The van der Waals surface area contributed by atoms with Crippen LogP contribution in [0, 0.1) is 0 Å². The molecule has 1 heterocycles. The first-order chi connectivity index (χ1) is 21.8. The number of aromatic carboxylic acids is 1. The van der Waals surface area contributed by atoms with Crippen molar-refractivity contribution in [1.29, 1.82) is 0 Å². The fourth-order valence-electron chi connectivity index (χ4n) is 5.21. The minimum Gasteiger partial charge on any atom is -0.495 e. The molecule has 3 aromatic carbocycles. The number of aromatic nitrogens is 1. The number of anilines is 1. The van der Waals surface area contributed by atoms with Gasteiger partial charge in [-0.25, -0.2) is 14.6 Å². The molecule has 0 radical (unpaired) electrons. The van der Waals surface area contributed by atoms with Crippen molar-refractivity contribution >= 4 is 35.0 Å². The van der Waals surface area contributed by atoms with Crippen LogP contribution >= 0.6 is 11.6 Å². The zero-order valence-corrected chi connectivity index (χ0v) is 26.3. The molecular weight excluding hydrogens is 594 g/mol. The number of carboxylic acids is 1. The molecule has 10 heteroatoms. The second-order valence-corrected chi connectivity index (χ2v) is 11.3. The van der Waals surface area contributed by atoms with Crippen LogP contribution in [0.2, 0.25) is 5.02 Å². The Hall–Kier alpha value is -4.47. The second-order valence-electron chi connectivity index (χ2n) is 10.9. The van der Waals surface area contributed by atoms with Crippen molar-refractivity contribution in [3.63, 3.8) is 0 Å².